The van der Waals surface area contributed by atoms with E-state index >= 15 is 0 Å². The highest BCUT2D eigenvalue weighted by Gasteiger charge is 2.14. The number of ether oxygens (including phenoxy) is 2. The molecule has 0 spiro atoms. The molecule has 2 aromatic rings. The first-order valence-electron chi connectivity index (χ1n) is 5.89. The van der Waals surface area contributed by atoms with Crippen LogP contribution in [0.3, 0.4) is 0 Å². The molecule has 0 heterocycles. The summed E-state index contributed by atoms with van der Waals surface area (Å²) in [7, 11) is 1.43. The molecule has 0 aliphatic carbocycles. The van der Waals surface area contributed by atoms with Gasteiger partial charge in [0.25, 0.3) is 0 Å². The number of aliphatic hydroxyl groups excluding tert-OH is 1. The summed E-state index contributed by atoms with van der Waals surface area (Å²) in [5.41, 5.74) is 1.05. The van der Waals surface area contributed by atoms with Gasteiger partial charge in [0.1, 0.15) is 12.4 Å². The smallest absolute Gasteiger partial charge is 0.174 e. The molecule has 100 valence electrons. The number of halogens is 1. The molecular weight excluding hydrogens is 247 g/mol. The first kappa shape index (κ1) is 13.4. The van der Waals surface area contributed by atoms with Gasteiger partial charge >= 0.3 is 0 Å². The molecule has 3 nitrogen and oxygen atoms in total. The predicted molar refractivity (Wildman–Crippen MR) is 69.6 cm³/mol. The van der Waals surface area contributed by atoms with E-state index in [1.54, 1.807) is 6.07 Å². The van der Waals surface area contributed by atoms with Crippen molar-refractivity contribution in [3.63, 3.8) is 0 Å². The number of benzene rings is 2. The highest BCUT2D eigenvalue weighted by atomic mass is 19.1. The van der Waals surface area contributed by atoms with Crippen LogP contribution in [0.5, 0.6) is 11.5 Å². The van der Waals surface area contributed by atoms with E-state index in [4.69, 9.17) is 14.6 Å². The molecular formula is C15H15FO3. The van der Waals surface area contributed by atoms with Crippen LogP contribution in [0.2, 0.25) is 0 Å². The summed E-state index contributed by atoms with van der Waals surface area (Å²) in [6.45, 7) is -0.160. The maximum atomic E-state index is 14.1. The van der Waals surface area contributed by atoms with E-state index in [0.717, 1.165) is 5.56 Å². The number of hydrogen-bond acceptors (Lipinski definition) is 3. The fourth-order valence-electron chi connectivity index (χ4n) is 1.77. The number of aliphatic hydroxyl groups is 1. The van der Waals surface area contributed by atoms with Crippen molar-refractivity contribution < 1.29 is 19.0 Å². The number of hydrogen-bond donors (Lipinski definition) is 1. The molecule has 0 amide bonds. The standard InChI is InChI=1S/C15H15FO3/c1-18-13-7-8-14(15(16)12(13)9-17)19-10-11-5-3-2-4-6-11/h2-8,17H,9-10H2,1H3. The van der Waals surface area contributed by atoms with E-state index in [-0.39, 0.29) is 17.9 Å². The van der Waals surface area contributed by atoms with Crippen molar-refractivity contribution in [3.05, 3.63) is 59.4 Å². The largest absolute Gasteiger partial charge is 0.496 e. The molecule has 2 rings (SSSR count). The second kappa shape index (κ2) is 6.20. The third-order valence-corrected chi connectivity index (χ3v) is 2.78. The van der Waals surface area contributed by atoms with Crippen LogP contribution in [-0.4, -0.2) is 12.2 Å². The maximum absolute atomic E-state index is 14.1. The Bertz CT molecular complexity index is 541. The average Bonchev–Trinajstić information content (AvgIpc) is 2.46. The monoisotopic (exact) mass is 262 g/mol. The van der Waals surface area contributed by atoms with Crippen LogP contribution in [0.1, 0.15) is 11.1 Å². The fraction of sp³-hybridized carbons (Fsp3) is 0.200. The SMILES string of the molecule is COc1ccc(OCc2ccccc2)c(F)c1CO. The van der Waals surface area contributed by atoms with Crippen molar-refractivity contribution in [3.8, 4) is 11.5 Å². The Labute approximate surface area is 111 Å². The Kier molecular flexibility index (Phi) is 4.36. The minimum absolute atomic E-state index is 0.105. The molecule has 0 saturated carbocycles. The zero-order valence-electron chi connectivity index (χ0n) is 10.6. The van der Waals surface area contributed by atoms with Gasteiger partial charge < -0.3 is 14.6 Å². The average molecular weight is 262 g/mol. The lowest BCUT2D eigenvalue weighted by Gasteiger charge is -2.12. The van der Waals surface area contributed by atoms with E-state index in [2.05, 4.69) is 0 Å². The predicted octanol–water partition coefficient (Wildman–Crippen LogP) is 2.91. The second-order valence-electron chi connectivity index (χ2n) is 3.99. The normalized spacial score (nSPS) is 10.3. The zero-order chi connectivity index (χ0) is 13.7. The molecule has 0 unspecified atom stereocenters. The van der Waals surface area contributed by atoms with Crippen LogP contribution < -0.4 is 9.47 Å². The van der Waals surface area contributed by atoms with Gasteiger partial charge in [-0.3, -0.25) is 0 Å². The van der Waals surface area contributed by atoms with E-state index in [9.17, 15) is 4.39 Å². The van der Waals surface area contributed by atoms with Crippen LogP contribution >= 0.6 is 0 Å². The van der Waals surface area contributed by atoms with E-state index in [0.29, 0.717) is 5.75 Å². The molecule has 0 fully saturated rings. The third-order valence-electron chi connectivity index (χ3n) is 2.78. The van der Waals surface area contributed by atoms with Gasteiger partial charge in [-0.1, -0.05) is 30.3 Å². The summed E-state index contributed by atoms with van der Waals surface area (Å²) in [5.74, 6) is -0.168. The van der Waals surface area contributed by atoms with Crippen LogP contribution in [0.15, 0.2) is 42.5 Å². The summed E-state index contributed by atoms with van der Waals surface area (Å²) in [6.07, 6.45) is 0. The second-order valence-corrected chi connectivity index (χ2v) is 3.99. The van der Waals surface area contributed by atoms with Gasteiger partial charge in [-0.15, -0.1) is 0 Å². The lowest BCUT2D eigenvalue weighted by molar-refractivity contribution is 0.255. The molecule has 0 aliphatic rings. The molecule has 0 aromatic heterocycles. The summed E-state index contributed by atoms with van der Waals surface area (Å²) in [5, 5.41) is 9.16. The molecule has 0 bridgehead atoms. The van der Waals surface area contributed by atoms with Gasteiger partial charge in [0.05, 0.1) is 19.3 Å². The molecule has 4 heteroatoms. The lowest BCUT2D eigenvalue weighted by atomic mass is 10.2. The van der Waals surface area contributed by atoms with Gasteiger partial charge in [0, 0.05) is 0 Å². The first-order valence-corrected chi connectivity index (χ1v) is 5.89. The molecule has 19 heavy (non-hydrogen) atoms. The molecule has 0 atom stereocenters. The van der Waals surface area contributed by atoms with E-state index in [1.165, 1.54) is 13.2 Å². The third kappa shape index (κ3) is 3.03. The Morgan fingerprint density at radius 2 is 1.74 bits per heavy atom. The number of methoxy groups -OCH3 is 1. The van der Waals surface area contributed by atoms with E-state index < -0.39 is 12.4 Å². The minimum Gasteiger partial charge on any atom is -0.496 e. The topological polar surface area (TPSA) is 38.7 Å². The molecule has 0 radical (unpaired) electrons. The number of rotatable bonds is 5. The van der Waals surface area contributed by atoms with E-state index in [1.807, 2.05) is 30.3 Å². The first-order chi connectivity index (χ1) is 9.26. The van der Waals surface area contributed by atoms with Crippen molar-refractivity contribution in [1.29, 1.82) is 0 Å². The van der Waals surface area contributed by atoms with Crippen molar-refractivity contribution in [2.75, 3.05) is 7.11 Å². The van der Waals surface area contributed by atoms with Crippen LogP contribution in [0.25, 0.3) is 0 Å². The summed E-state index contributed by atoms with van der Waals surface area (Å²) < 4.78 is 24.5. The Morgan fingerprint density at radius 3 is 2.37 bits per heavy atom. The van der Waals surface area contributed by atoms with Gasteiger partial charge in [-0.05, 0) is 17.7 Å². The minimum atomic E-state index is -0.585. The molecule has 0 aliphatic heterocycles. The Morgan fingerprint density at radius 1 is 1.05 bits per heavy atom. The zero-order valence-corrected chi connectivity index (χ0v) is 10.6. The quantitative estimate of drug-likeness (QED) is 0.900. The van der Waals surface area contributed by atoms with Crippen molar-refractivity contribution >= 4 is 0 Å². The maximum Gasteiger partial charge on any atom is 0.174 e. The van der Waals surface area contributed by atoms with Gasteiger partial charge in [0.15, 0.2) is 11.6 Å². The fourth-order valence-corrected chi connectivity index (χ4v) is 1.77. The summed E-state index contributed by atoms with van der Waals surface area (Å²) >= 11 is 0. The Hall–Kier alpha value is -2.07. The van der Waals surface area contributed by atoms with Crippen LogP contribution in [-0.2, 0) is 13.2 Å². The molecule has 1 N–H and O–H groups in total. The van der Waals surface area contributed by atoms with Gasteiger partial charge in [-0.25, -0.2) is 4.39 Å². The van der Waals surface area contributed by atoms with Gasteiger partial charge in [0.2, 0.25) is 0 Å². The lowest BCUT2D eigenvalue weighted by Crippen LogP contribution is -2.02. The van der Waals surface area contributed by atoms with Crippen LogP contribution in [0, 0.1) is 5.82 Å². The summed E-state index contributed by atoms with van der Waals surface area (Å²) in [4.78, 5) is 0. The highest BCUT2D eigenvalue weighted by molar-refractivity contribution is 5.41. The van der Waals surface area contributed by atoms with Crippen molar-refractivity contribution in [1.82, 2.24) is 0 Å². The molecule has 0 saturated heterocycles. The Balaban J connectivity index is 2.17. The summed E-state index contributed by atoms with van der Waals surface area (Å²) in [6, 6.07) is 12.6. The molecule has 2 aromatic carbocycles. The van der Waals surface area contributed by atoms with Crippen molar-refractivity contribution in [2.24, 2.45) is 0 Å². The highest BCUT2D eigenvalue weighted by Crippen LogP contribution is 2.29. The van der Waals surface area contributed by atoms with Crippen molar-refractivity contribution in [2.45, 2.75) is 13.2 Å². The van der Waals surface area contributed by atoms with Crippen LogP contribution in [0.4, 0.5) is 4.39 Å². The van der Waals surface area contributed by atoms with Gasteiger partial charge in [-0.2, -0.15) is 0 Å².